The minimum atomic E-state index is -0.191. The van der Waals surface area contributed by atoms with Crippen molar-refractivity contribution in [2.24, 2.45) is 5.10 Å². The molecule has 34 heavy (non-hydrogen) atoms. The summed E-state index contributed by atoms with van der Waals surface area (Å²) in [5, 5.41) is 5.02. The number of nitrogens with zero attached hydrogens (tertiary/aromatic N) is 3. The van der Waals surface area contributed by atoms with Gasteiger partial charge in [0.1, 0.15) is 18.2 Å². The van der Waals surface area contributed by atoms with Gasteiger partial charge in [0, 0.05) is 25.4 Å². The van der Waals surface area contributed by atoms with E-state index >= 15 is 0 Å². The van der Waals surface area contributed by atoms with E-state index in [-0.39, 0.29) is 5.56 Å². The van der Waals surface area contributed by atoms with Gasteiger partial charge in [-0.15, -0.1) is 0 Å². The fraction of sp³-hybridized carbons (Fsp3) is 0.125. The number of aryl methyl sites for hydroxylation is 1. The SMILES string of the molecule is CCc1nc2ccc(Br)cc2c(=O)n1N=Cc1cc(I)c(OCc2ccc(Br)cc2Br)c(I)c1. The Labute approximate surface area is 249 Å². The predicted octanol–water partition coefficient (Wildman–Crippen LogP) is 7.92. The maximum Gasteiger partial charge on any atom is 0.282 e. The summed E-state index contributed by atoms with van der Waals surface area (Å²) in [7, 11) is 0. The van der Waals surface area contributed by atoms with Crippen molar-refractivity contribution in [3.63, 3.8) is 0 Å². The smallest absolute Gasteiger partial charge is 0.282 e. The van der Waals surface area contributed by atoms with E-state index in [1.807, 2.05) is 49.4 Å². The number of hydrogen-bond acceptors (Lipinski definition) is 4. The summed E-state index contributed by atoms with van der Waals surface area (Å²) in [5.74, 6) is 1.43. The van der Waals surface area contributed by atoms with E-state index in [1.165, 1.54) is 4.68 Å². The standard InChI is InChI=1S/C24H16Br3I2N3O2/c1-2-22-31-21-6-5-15(25)9-17(21)24(33)32(22)30-11-13-7-19(28)23(20(29)8-13)34-12-14-3-4-16(26)10-18(14)27/h3-11H,2,12H2,1H3. The lowest BCUT2D eigenvalue weighted by atomic mass is 10.2. The van der Waals surface area contributed by atoms with Gasteiger partial charge in [-0.25, -0.2) is 4.98 Å². The average molecular weight is 872 g/mol. The largest absolute Gasteiger partial charge is 0.487 e. The number of benzene rings is 3. The van der Waals surface area contributed by atoms with Gasteiger partial charge in [-0.05, 0) is 93.2 Å². The second-order valence-electron chi connectivity index (χ2n) is 7.24. The van der Waals surface area contributed by atoms with Crippen LogP contribution < -0.4 is 10.3 Å². The normalized spacial score (nSPS) is 11.5. The summed E-state index contributed by atoms with van der Waals surface area (Å²) in [4.78, 5) is 17.7. The van der Waals surface area contributed by atoms with Crippen LogP contribution in [0.1, 0.15) is 23.9 Å². The van der Waals surface area contributed by atoms with Gasteiger partial charge in [0.05, 0.1) is 24.3 Å². The molecule has 0 amide bonds. The molecule has 0 N–H and O–H groups in total. The molecule has 0 spiro atoms. The maximum atomic E-state index is 13.1. The van der Waals surface area contributed by atoms with Gasteiger partial charge in [0.2, 0.25) is 0 Å². The van der Waals surface area contributed by atoms with E-state index in [0.29, 0.717) is 29.8 Å². The molecule has 1 aromatic heterocycles. The first-order valence-electron chi connectivity index (χ1n) is 10.1. The van der Waals surface area contributed by atoms with Gasteiger partial charge < -0.3 is 4.74 Å². The summed E-state index contributed by atoms with van der Waals surface area (Å²) in [6.07, 6.45) is 2.28. The van der Waals surface area contributed by atoms with Gasteiger partial charge in [-0.1, -0.05) is 60.8 Å². The summed E-state index contributed by atoms with van der Waals surface area (Å²) in [5.41, 5.74) is 2.40. The molecule has 4 aromatic rings. The summed E-state index contributed by atoms with van der Waals surface area (Å²) < 4.78 is 12.3. The van der Waals surface area contributed by atoms with Gasteiger partial charge in [0.25, 0.3) is 5.56 Å². The second kappa shape index (κ2) is 11.5. The van der Waals surface area contributed by atoms with E-state index in [2.05, 4.69) is 103 Å². The molecule has 0 unspecified atom stereocenters. The first kappa shape index (κ1) is 26.2. The first-order valence-corrected chi connectivity index (χ1v) is 14.6. The number of rotatable bonds is 6. The van der Waals surface area contributed by atoms with Crippen LogP contribution in [0.3, 0.4) is 0 Å². The highest BCUT2D eigenvalue weighted by molar-refractivity contribution is 14.1. The molecule has 4 rings (SSSR count). The van der Waals surface area contributed by atoms with Crippen LogP contribution >= 0.6 is 93.0 Å². The molecule has 3 aromatic carbocycles. The van der Waals surface area contributed by atoms with Crippen LogP contribution in [0.2, 0.25) is 0 Å². The van der Waals surface area contributed by atoms with Crippen molar-refractivity contribution >= 4 is 110 Å². The molecule has 0 fully saturated rings. The Morgan fingerprint density at radius 1 is 1.03 bits per heavy atom. The molecule has 174 valence electrons. The van der Waals surface area contributed by atoms with Crippen LogP contribution in [0.5, 0.6) is 5.75 Å². The summed E-state index contributed by atoms with van der Waals surface area (Å²) in [6.45, 7) is 2.40. The zero-order valence-corrected chi connectivity index (χ0v) is 26.7. The van der Waals surface area contributed by atoms with Crippen LogP contribution in [0.25, 0.3) is 10.9 Å². The summed E-state index contributed by atoms with van der Waals surface area (Å²) >= 11 is 15.0. The molecule has 0 saturated carbocycles. The maximum absolute atomic E-state index is 13.1. The minimum absolute atomic E-state index is 0.191. The Morgan fingerprint density at radius 3 is 2.38 bits per heavy atom. The third kappa shape index (κ3) is 5.93. The van der Waals surface area contributed by atoms with Gasteiger partial charge >= 0.3 is 0 Å². The number of fused-ring (bicyclic) bond motifs is 1. The van der Waals surface area contributed by atoms with E-state index in [4.69, 9.17) is 4.74 Å². The molecule has 5 nitrogen and oxygen atoms in total. The second-order valence-corrected chi connectivity index (χ2v) is 12.3. The molecular weight excluding hydrogens is 856 g/mol. The highest BCUT2D eigenvalue weighted by Gasteiger charge is 2.12. The predicted molar refractivity (Wildman–Crippen MR) is 164 cm³/mol. The Bertz CT molecular complexity index is 1470. The number of aromatic nitrogens is 2. The Hall–Kier alpha value is -0.830. The zero-order chi connectivity index (χ0) is 24.4. The van der Waals surface area contributed by atoms with Gasteiger partial charge in [-0.2, -0.15) is 9.78 Å². The quantitative estimate of drug-likeness (QED) is 0.146. The van der Waals surface area contributed by atoms with E-state index in [9.17, 15) is 4.79 Å². The Morgan fingerprint density at radius 2 is 1.71 bits per heavy atom. The number of ether oxygens (including phenoxy) is 1. The Kier molecular flexibility index (Phi) is 8.86. The molecule has 0 radical (unpaired) electrons. The van der Waals surface area contributed by atoms with Crippen molar-refractivity contribution in [1.29, 1.82) is 0 Å². The summed E-state index contributed by atoms with van der Waals surface area (Å²) in [6, 6.07) is 15.5. The fourth-order valence-corrected chi connectivity index (χ4v) is 6.90. The first-order chi connectivity index (χ1) is 16.3. The zero-order valence-electron chi connectivity index (χ0n) is 17.7. The highest BCUT2D eigenvalue weighted by atomic mass is 127. The lowest BCUT2D eigenvalue weighted by Gasteiger charge is -2.13. The van der Waals surface area contributed by atoms with Gasteiger partial charge in [0.15, 0.2) is 0 Å². The van der Waals surface area contributed by atoms with Crippen molar-refractivity contribution in [1.82, 2.24) is 9.66 Å². The molecular formula is C24H16Br3I2N3O2. The highest BCUT2D eigenvalue weighted by Crippen LogP contribution is 2.30. The van der Waals surface area contributed by atoms with Crippen molar-refractivity contribution in [3.8, 4) is 5.75 Å². The molecule has 0 aliphatic heterocycles. The molecule has 10 heteroatoms. The minimum Gasteiger partial charge on any atom is -0.487 e. The van der Waals surface area contributed by atoms with Crippen molar-refractivity contribution in [2.75, 3.05) is 0 Å². The topological polar surface area (TPSA) is 56.5 Å². The van der Waals surface area contributed by atoms with E-state index < -0.39 is 0 Å². The average Bonchev–Trinajstić information content (AvgIpc) is 2.79. The van der Waals surface area contributed by atoms with Crippen LogP contribution in [-0.2, 0) is 13.0 Å². The molecule has 0 bridgehead atoms. The molecule has 0 aliphatic carbocycles. The third-order valence-electron chi connectivity index (χ3n) is 4.92. The fourth-order valence-electron chi connectivity index (χ4n) is 3.25. The van der Waals surface area contributed by atoms with Crippen molar-refractivity contribution < 1.29 is 4.74 Å². The van der Waals surface area contributed by atoms with E-state index in [0.717, 1.165) is 37.4 Å². The number of halogens is 5. The molecule has 1 heterocycles. The van der Waals surface area contributed by atoms with Crippen molar-refractivity contribution in [2.45, 2.75) is 20.0 Å². The van der Waals surface area contributed by atoms with Crippen LogP contribution in [0.4, 0.5) is 0 Å². The molecule has 0 atom stereocenters. The van der Waals surface area contributed by atoms with E-state index in [1.54, 1.807) is 12.3 Å². The van der Waals surface area contributed by atoms with Crippen LogP contribution in [-0.4, -0.2) is 15.9 Å². The molecule has 0 aliphatic rings. The third-order valence-corrected chi connectivity index (χ3v) is 8.25. The number of hydrogen-bond donors (Lipinski definition) is 0. The van der Waals surface area contributed by atoms with Crippen LogP contribution in [0.15, 0.2) is 71.8 Å². The van der Waals surface area contributed by atoms with Crippen LogP contribution in [0, 0.1) is 7.14 Å². The molecule has 0 saturated heterocycles. The van der Waals surface area contributed by atoms with Crippen molar-refractivity contribution in [3.05, 3.63) is 96.4 Å². The lowest BCUT2D eigenvalue weighted by Crippen LogP contribution is -2.22. The van der Waals surface area contributed by atoms with Gasteiger partial charge in [-0.3, -0.25) is 4.79 Å². The Balaban J connectivity index is 1.62. The monoisotopic (exact) mass is 869 g/mol. The lowest BCUT2D eigenvalue weighted by molar-refractivity contribution is 0.301.